The third-order valence-electron chi connectivity index (χ3n) is 4.99. The van der Waals surface area contributed by atoms with Gasteiger partial charge in [-0.25, -0.2) is 0 Å². The Bertz CT molecular complexity index is 1160. The van der Waals surface area contributed by atoms with Crippen molar-refractivity contribution < 1.29 is 75.7 Å². The summed E-state index contributed by atoms with van der Waals surface area (Å²) in [6.45, 7) is 0. The van der Waals surface area contributed by atoms with Crippen molar-refractivity contribution in [3.8, 4) is 11.5 Å². The van der Waals surface area contributed by atoms with Crippen LogP contribution in [0.2, 0.25) is 0 Å². The molecule has 5 nitrogen and oxygen atoms in total. The van der Waals surface area contributed by atoms with Gasteiger partial charge in [0.1, 0.15) is 11.5 Å². The van der Waals surface area contributed by atoms with Gasteiger partial charge >= 0.3 is 48.1 Å². The number of para-hydroxylation sites is 1. The van der Waals surface area contributed by atoms with Gasteiger partial charge in [0.05, 0.1) is 0 Å². The van der Waals surface area contributed by atoms with Crippen molar-refractivity contribution >= 4 is 11.6 Å². The molecule has 216 valence electrons. The number of nitrogens with one attached hydrogen (secondary N) is 1. The number of amides is 1. The summed E-state index contributed by atoms with van der Waals surface area (Å²) in [6.07, 6.45) is -15.0. The van der Waals surface area contributed by atoms with Gasteiger partial charge in [-0.3, -0.25) is 9.53 Å². The highest BCUT2D eigenvalue weighted by Crippen LogP contribution is 2.64. The number of hydrogen-bond donors (Lipinski definition) is 1. The number of benzene rings is 2. The van der Waals surface area contributed by atoms with Gasteiger partial charge in [0, 0.05) is 5.69 Å². The molecule has 1 amide bonds. The van der Waals surface area contributed by atoms with Crippen molar-refractivity contribution in [3.63, 3.8) is 0 Å². The smallest absolute Gasteiger partial charge is 0.456 e. The molecule has 0 saturated carbocycles. The number of morpholine rings is 1. The maximum Gasteiger partial charge on any atom is 0.456 e. The SMILES string of the molecule is O=C(Nc1ccc(Oc2ccccc2)cc1)C(F)(F)N1C(F)(F)[C@@](F)(C(F)(F)F)O[C@](F)(C(F)(F)F)C1(F)F. The van der Waals surface area contributed by atoms with Gasteiger partial charge in [-0.2, -0.15) is 61.5 Å². The predicted molar refractivity (Wildman–Crippen MR) is 99.1 cm³/mol. The van der Waals surface area contributed by atoms with Crippen LogP contribution in [0.3, 0.4) is 0 Å². The Kier molecular flexibility index (Phi) is 7.05. The van der Waals surface area contributed by atoms with E-state index in [-0.39, 0.29) is 11.5 Å². The summed E-state index contributed by atoms with van der Waals surface area (Å²) >= 11 is 0. The molecule has 1 N–H and O–H groups in total. The number of alkyl halides is 14. The second kappa shape index (κ2) is 9.10. The first-order chi connectivity index (χ1) is 17.5. The summed E-state index contributed by atoms with van der Waals surface area (Å²) in [4.78, 5) is 8.19. The minimum absolute atomic E-state index is 0.0583. The first kappa shape index (κ1) is 30.2. The van der Waals surface area contributed by atoms with Crippen LogP contribution in [0.15, 0.2) is 54.6 Å². The molecule has 0 aromatic heterocycles. The molecule has 19 heteroatoms. The minimum Gasteiger partial charge on any atom is -0.457 e. The average molecular weight is 592 g/mol. The molecule has 2 aromatic carbocycles. The molecule has 0 bridgehead atoms. The fourth-order valence-electron chi connectivity index (χ4n) is 3.13. The van der Waals surface area contributed by atoms with Crippen molar-refractivity contribution in [3.05, 3.63) is 54.6 Å². The van der Waals surface area contributed by atoms with E-state index in [1.54, 1.807) is 18.2 Å². The summed E-state index contributed by atoms with van der Waals surface area (Å²) in [6, 6.07) is -11.1. The second-order valence-corrected chi connectivity index (χ2v) is 7.64. The molecule has 1 aliphatic rings. The van der Waals surface area contributed by atoms with E-state index in [4.69, 9.17) is 4.74 Å². The van der Waals surface area contributed by atoms with Crippen molar-refractivity contribution in [2.75, 3.05) is 5.32 Å². The molecular formula is C20H10F14N2O3. The number of rotatable bonds is 5. The maximum atomic E-state index is 14.6. The van der Waals surface area contributed by atoms with E-state index in [1.807, 2.05) is 4.74 Å². The zero-order valence-corrected chi connectivity index (χ0v) is 18.2. The first-order valence-electron chi connectivity index (χ1n) is 9.82. The number of carbonyl (C=O) groups excluding carboxylic acids is 1. The molecule has 1 saturated heterocycles. The Hall–Kier alpha value is -3.35. The molecule has 3 rings (SSSR count). The lowest BCUT2D eigenvalue weighted by atomic mass is 10.0. The van der Waals surface area contributed by atoms with Gasteiger partial charge in [0.2, 0.25) is 0 Å². The third-order valence-corrected chi connectivity index (χ3v) is 4.99. The standard InChI is InChI=1S/C20H10F14N2O3/c21-14(22,13(37)35-10-6-8-12(9-7-10)38-11-4-2-1-3-5-11)36-19(31,32)15(23,17(25,26)27)39-16(24,18(28,29)30)20(36,33)34/h1-9H,(H,35,37)/t15-,16-/m1/s1. The lowest BCUT2D eigenvalue weighted by Gasteiger charge is -2.54. The van der Waals surface area contributed by atoms with E-state index in [2.05, 4.69) is 0 Å². The van der Waals surface area contributed by atoms with E-state index in [0.717, 1.165) is 17.4 Å². The highest BCUT2D eigenvalue weighted by atomic mass is 19.4. The van der Waals surface area contributed by atoms with Crippen LogP contribution in [0.4, 0.5) is 67.2 Å². The zero-order chi connectivity index (χ0) is 29.9. The van der Waals surface area contributed by atoms with Crippen molar-refractivity contribution in [2.45, 2.75) is 42.2 Å². The molecule has 2 aromatic rings. The Morgan fingerprint density at radius 2 is 1.10 bits per heavy atom. The third kappa shape index (κ3) is 4.70. The van der Waals surface area contributed by atoms with E-state index in [0.29, 0.717) is 12.1 Å². The molecule has 1 heterocycles. The maximum absolute atomic E-state index is 14.6. The molecule has 39 heavy (non-hydrogen) atoms. The molecule has 1 fully saturated rings. The lowest BCUT2D eigenvalue weighted by Crippen LogP contribution is -2.85. The van der Waals surface area contributed by atoms with E-state index >= 15 is 0 Å². The van der Waals surface area contributed by atoms with Crippen LogP contribution in [0.25, 0.3) is 0 Å². The summed E-state index contributed by atoms with van der Waals surface area (Å²) in [5.74, 6) is -18.2. The number of hydrogen-bond acceptors (Lipinski definition) is 4. The van der Waals surface area contributed by atoms with E-state index < -0.39 is 58.7 Å². The molecule has 1 aliphatic heterocycles. The monoisotopic (exact) mass is 592 g/mol. The van der Waals surface area contributed by atoms with Gasteiger partial charge in [-0.1, -0.05) is 18.2 Å². The number of nitrogens with zero attached hydrogens (tertiary/aromatic N) is 1. The fourth-order valence-corrected chi connectivity index (χ4v) is 3.13. The van der Waals surface area contributed by atoms with E-state index in [9.17, 15) is 66.3 Å². The lowest BCUT2D eigenvalue weighted by molar-refractivity contribution is -0.592. The van der Waals surface area contributed by atoms with Gasteiger partial charge in [-0.15, -0.1) is 4.90 Å². The number of anilines is 1. The minimum atomic E-state index is -7.52. The summed E-state index contributed by atoms with van der Waals surface area (Å²) in [5, 5.41) is 0.977. The van der Waals surface area contributed by atoms with E-state index in [1.165, 1.54) is 12.1 Å². The topological polar surface area (TPSA) is 50.8 Å². The Morgan fingerprint density at radius 3 is 1.51 bits per heavy atom. The molecule has 0 spiro atoms. The highest BCUT2D eigenvalue weighted by molar-refractivity contribution is 5.96. The number of carbonyl (C=O) groups is 1. The normalized spacial score (nSPS) is 25.7. The molecule has 2 atom stereocenters. The van der Waals surface area contributed by atoms with Crippen LogP contribution in [0.5, 0.6) is 11.5 Å². The number of ether oxygens (including phenoxy) is 2. The van der Waals surface area contributed by atoms with Crippen LogP contribution in [-0.4, -0.2) is 53.0 Å². The van der Waals surface area contributed by atoms with Crippen LogP contribution in [0.1, 0.15) is 0 Å². The van der Waals surface area contributed by atoms with Gasteiger partial charge < -0.3 is 10.1 Å². The number of halogens is 14. The van der Waals surface area contributed by atoms with Crippen molar-refractivity contribution in [1.82, 2.24) is 4.90 Å². The van der Waals surface area contributed by atoms with Crippen LogP contribution in [-0.2, 0) is 9.53 Å². The Balaban J connectivity index is 2.01. The largest absolute Gasteiger partial charge is 0.457 e. The molecular weight excluding hydrogens is 582 g/mol. The van der Waals surface area contributed by atoms with Crippen molar-refractivity contribution in [1.29, 1.82) is 0 Å². The highest BCUT2D eigenvalue weighted by Gasteiger charge is 2.95. The van der Waals surface area contributed by atoms with Crippen molar-refractivity contribution in [2.24, 2.45) is 0 Å². The summed E-state index contributed by atoms with van der Waals surface area (Å²) in [5.41, 5.74) is -0.871. The molecule has 0 unspecified atom stereocenters. The average Bonchev–Trinajstić information content (AvgIpc) is 2.78. The van der Waals surface area contributed by atoms with Gasteiger partial charge in [0.15, 0.2) is 0 Å². The van der Waals surface area contributed by atoms with Gasteiger partial charge in [0.25, 0.3) is 0 Å². The van der Waals surface area contributed by atoms with Crippen LogP contribution < -0.4 is 10.1 Å². The second-order valence-electron chi connectivity index (χ2n) is 7.64. The Labute approximate surface area is 206 Å². The summed E-state index contributed by atoms with van der Waals surface area (Å²) < 4.78 is 200. The predicted octanol–water partition coefficient (Wildman–Crippen LogP) is 6.98. The fraction of sp³-hybridized carbons (Fsp3) is 0.350. The van der Waals surface area contributed by atoms with Crippen LogP contribution in [0, 0.1) is 0 Å². The molecule has 0 radical (unpaired) electrons. The zero-order valence-electron chi connectivity index (χ0n) is 18.2. The molecule has 0 aliphatic carbocycles. The van der Waals surface area contributed by atoms with Crippen LogP contribution >= 0.6 is 0 Å². The van der Waals surface area contributed by atoms with Gasteiger partial charge in [-0.05, 0) is 36.4 Å². The quantitative estimate of drug-likeness (QED) is 0.301. The Morgan fingerprint density at radius 1 is 0.692 bits per heavy atom. The summed E-state index contributed by atoms with van der Waals surface area (Å²) in [7, 11) is 0. The first-order valence-corrected chi connectivity index (χ1v) is 9.82.